The second kappa shape index (κ2) is 8.92. The number of nitrogens with zero attached hydrogens (tertiary/aromatic N) is 1. The monoisotopic (exact) mass is 450 g/mol. The van der Waals surface area contributed by atoms with E-state index < -0.39 is 29.6 Å². The predicted octanol–water partition coefficient (Wildman–Crippen LogP) is 3.49. The van der Waals surface area contributed by atoms with Crippen LogP contribution in [0.25, 0.3) is 0 Å². The number of rotatable bonds is 5. The van der Waals surface area contributed by atoms with Crippen LogP contribution in [-0.4, -0.2) is 34.2 Å². The molecule has 150 valence electrons. The average molecular weight is 451 g/mol. The molecular formula is C19H23BrN4O4. The van der Waals surface area contributed by atoms with E-state index in [4.69, 9.17) is 4.74 Å². The van der Waals surface area contributed by atoms with E-state index >= 15 is 0 Å². The lowest BCUT2D eigenvalue weighted by Gasteiger charge is -2.22. The van der Waals surface area contributed by atoms with Crippen molar-refractivity contribution in [3.05, 3.63) is 52.8 Å². The zero-order valence-electron chi connectivity index (χ0n) is 16.1. The number of ether oxygens (including phenoxy) is 1. The summed E-state index contributed by atoms with van der Waals surface area (Å²) in [5.74, 6) is -0.918. The van der Waals surface area contributed by atoms with Gasteiger partial charge in [-0.15, -0.1) is 0 Å². The highest BCUT2D eigenvalue weighted by Gasteiger charge is 2.23. The molecule has 9 heteroatoms. The molecule has 1 aromatic carbocycles. The number of amides is 3. The number of benzene rings is 1. The molecule has 0 saturated heterocycles. The summed E-state index contributed by atoms with van der Waals surface area (Å²) in [5.41, 5.74) is 2.74. The van der Waals surface area contributed by atoms with Gasteiger partial charge in [-0.25, -0.2) is 4.79 Å². The molecule has 1 atom stereocenters. The zero-order valence-corrected chi connectivity index (χ0v) is 17.7. The number of carbonyl (C=O) groups is 3. The molecule has 28 heavy (non-hydrogen) atoms. The fraction of sp³-hybridized carbons (Fsp3) is 0.316. The molecule has 0 aliphatic heterocycles. The number of nitrogens with one attached hydrogen (secondary N) is 3. The van der Waals surface area contributed by atoms with Crippen molar-refractivity contribution in [1.82, 2.24) is 9.99 Å². The zero-order chi connectivity index (χ0) is 20.9. The summed E-state index contributed by atoms with van der Waals surface area (Å²) in [6.45, 7) is 6.70. The van der Waals surface area contributed by atoms with Crippen LogP contribution in [0.3, 0.4) is 0 Å². The van der Waals surface area contributed by atoms with Crippen molar-refractivity contribution in [3.63, 3.8) is 0 Å². The summed E-state index contributed by atoms with van der Waals surface area (Å²) >= 11 is 3.31. The second-order valence-corrected chi connectivity index (χ2v) is 7.90. The number of halogens is 1. The minimum absolute atomic E-state index is 0.210. The molecule has 0 aliphatic carbocycles. The lowest BCUT2D eigenvalue weighted by molar-refractivity contribution is -0.118. The van der Waals surface area contributed by atoms with Crippen LogP contribution in [0, 0.1) is 0 Å². The molecular weight excluding hydrogens is 428 g/mol. The van der Waals surface area contributed by atoms with Crippen LogP contribution in [0.5, 0.6) is 0 Å². The normalized spacial score (nSPS) is 12.0. The Kier molecular flexibility index (Phi) is 6.85. The van der Waals surface area contributed by atoms with Crippen molar-refractivity contribution in [2.45, 2.75) is 39.3 Å². The molecule has 0 radical (unpaired) electrons. The van der Waals surface area contributed by atoms with Crippen LogP contribution in [-0.2, 0) is 9.53 Å². The topological polar surface area (TPSA) is 101 Å². The van der Waals surface area contributed by atoms with Crippen LogP contribution >= 0.6 is 15.9 Å². The molecule has 0 aliphatic rings. The van der Waals surface area contributed by atoms with Crippen LogP contribution in [0.2, 0.25) is 0 Å². The summed E-state index contributed by atoms with van der Waals surface area (Å²) in [6, 6.07) is 9.71. The number of hydrogen-bond acceptors (Lipinski definition) is 4. The summed E-state index contributed by atoms with van der Waals surface area (Å²) in [5, 5.41) is 5.21. The fourth-order valence-corrected chi connectivity index (χ4v) is 2.69. The van der Waals surface area contributed by atoms with Crippen molar-refractivity contribution in [3.8, 4) is 0 Å². The van der Waals surface area contributed by atoms with Gasteiger partial charge in [-0.1, -0.05) is 18.2 Å². The minimum Gasteiger partial charge on any atom is -0.444 e. The quantitative estimate of drug-likeness (QED) is 0.648. The average Bonchev–Trinajstić information content (AvgIpc) is 2.94. The third-order valence-electron chi connectivity index (χ3n) is 3.44. The maximum absolute atomic E-state index is 12.6. The van der Waals surface area contributed by atoms with Crippen molar-refractivity contribution in [2.75, 3.05) is 10.7 Å². The van der Waals surface area contributed by atoms with Gasteiger partial charge in [0.15, 0.2) is 0 Å². The highest BCUT2D eigenvalue weighted by atomic mass is 79.9. The maximum Gasteiger partial charge on any atom is 0.408 e. The van der Waals surface area contributed by atoms with Crippen molar-refractivity contribution in [1.29, 1.82) is 0 Å². The van der Waals surface area contributed by atoms with Crippen LogP contribution in [0.15, 0.2) is 47.1 Å². The Morgan fingerprint density at radius 2 is 1.75 bits per heavy atom. The molecule has 2 rings (SSSR count). The number of alkyl carbamates (subject to hydrolysis) is 1. The Morgan fingerprint density at radius 3 is 2.36 bits per heavy atom. The first-order chi connectivity index (χ1) is 13.1. The third-order valence-corrected chi connectivity index (χ3v) is 4.08. The Morgan fingerprint density at radius 1 is 1.11 bits per heavy atom. The van der Waals surface area contributed by atoms with Crippen LogP contribution in [0.4, 0.5) is 10.5 Å². The van der Waals surface area contributed by atoms with Gasteiger partial charge in [-0.2, -0.15) is 0 Å². The summed E-state index contributed by atoms with van der Waals surface area (Å²) in [7, 11) is 0. The highest BCUT2D eigenvalue weighted by Crippen LogP contribution is 2.19. The Balaban J connectivity index is 2.05. The molecule has 0 saturated carbocycles. The largest absolute Gasteiger partial charge is 0.444 e. The number of anilines is 1. The Bertz CT molecular complexity index is 859. The van der Waals surface area contributed by atoms with Gasteiger partial charge in [0.2, 0.25) is 0 Å². The second-order valence-electron chi connectivity index (χ2n) is 7.05. The SMILES string of the molecule is C[C@H](NC(=O)OC(C)(C)C)C(=O)Nn1ccc(Br)c1C(=O)Nc1ccccc1. The minimum atomic E-state index is -0.874. The molecule has 8 nitrogen and oxygen atoms in total. The maximum atomic E-state index is 12.6. The molecule has 1 aromatic heterocycles. The third kappa shape index (κ3) is 6.12. The predicted molar refractivity (Wildman–Crippen MR) is 110 cm³/mol. The van der Waals surface area contributed by atoms with Crippen LogP contribution in [0.1, 0.15) is 38.2 Å². The number of para-hydroxylation sites is 1. The Hall–Kier alpha value is -2.81. The smallest absolute Gasteiger partial charge is 0.408 e. The lowest BCUT2D eigenvalue weighted by Crippen LogP contribution is -2.46. The van der Waals surface area contributed by atoms with E-state index in [0.29, 0.717) is 10.2 Å². The van der Waals surface area contributed by atoms with Crippen molar-refractivity contribution < 1.29 is 19.1 Å². The van der Waals surface area contributed by atoms with E-state index in [1.54, 1.807) is 51.1 Å². The molecule has 2 aromatic rings. The molecule has 3 N–H and O–H groups in total. The molecule has 0 bridgehead atoms. The van der Waals surface area contributed by atoms with E-state index in [0.717, 1.165) is 0 Å². The van der Waals surface area contributed by atoms with Gasteiger partial charge < -0.3 is 15.4 Å². The fourth-order valence-electron chi connectivity index (χ4n) is 2.20. The van der Waals surface area contributed by atoms with Gasteiger partial charge in [0.05, 0.1) is 4.47 Å². The number of aromatic nitrogens is 1. The van der Waals surface area contributed by atoms with E-state index in [1.165, 1.54) is 17.8 Å². The first kappa shape index (κ1) is 21.5. The highest BCUT2D eigenvalue weighted by molar-refractivity contribution is 9.10. The molecule has 0 spiro atoms. The van der Waals surface area contributed by atoms with E-state index in [2.05, 4.69) is 32.0 Å². The van der Waals surface area contributed by atoms with E-state index in [9.17, 15) is 14.4 Å². The van der Waals surface area contributed by atoms with Gasteiger partial charge in [0, 0.05) is 11.9 Å². The molecule has 0 unspecified atom stereocenters. The summed E-state index contributed by atoms with van der Waals surface area (Å²) in [4.78, 5) is 36.8. The lowest BCUT2D eigenvalue weighted by atomic mass is 10.2. The number of carbonyl (C=O) groups excluding carboxylic acids is 3. The molecule has 1 heterocycles. The molecule has 0 fully saturated rings. The standard InChI is InChI=1S/C19H23BrN4O4/c1-12(21-18(27)28-19(2,3)4)16(25)23-24-11-10-14(20)15(24)17(26)22-13-8-6-5-7-9-13/h5-12H,1-4H3,(H,21,27)(H,22,26)(H,23,25)/t12-/m0/s1. The summed E-state index contributed by atoms with van der Waals surface area (Å²) in [6.07, 6.45) is 0.827. The first-order valence-electron chi connectivity index (χ1n) is 8.60. The number of hydrogen-bond donors (Lipinski definition) is 3. The summed E-state index contributed by atoms with van der Waals surface area (Å²) < 4.78 is 6.93. The van der Waals surface area contributed by atoms with E-state index in [-0.39, 0.29) is 5.69 Å². The first-order valence-corrected chi connectivity index (χ1v) is 9.40. The van der Waals surface area contributed by atoms with Gasteiger partial charge in [0.1, 0.15) is 17.3 Å². The van der Waals surface area contributed by atoms with Gasteiger partial charge in [-0.3, -0.25) is 19.7 Å². The van der Waals surface area contributed by atoms with Crippen molar-refractivity contribution in [2.24, 2.45) is 0 Å². The van der Waals surface area contributed by atoms with Gasteiger partial charge in [0.25, 0.3) is 11.8 Å². The Labute approximate surface area is 171 Å². The van der Waals surface area contributed by atoms with Gasteiger partial charge in [-0.05, 0) is 61.8 Å². The van der Waals surface area contributed by atoms with Crippen molar-refractivity contribution >= 4 is 39.5 Å². The van der Waals surface area contributed by atoms with Crippen LogP contribution < -0.4 is 16.1 Å². The molecule has 3 amide bonds. The van der Waals surface area contributed by atoms with Gasteiger partial charge >= 0.3 is 6.09 Å². The van der Waals surface area contributed by atoms with E-state index in [1.807, 2.05) is 6.07 Å².